The van der Waals surface area contributed by atoms with E-state index in [4.69, 9.17) is 0 Å². The van der Waals surface area contributed by atoms with Gasteiger partial charge >= 0.3 is 0 Å². The lowest BCUT2D eigenvalue weighted by molar-refractivity contribution is 0.102. The third-order valence-corrected chi connectivity index (χ3v) is 3.69. The second-order valence-electron chi connectivity index (χ2n) is 3.89. The molecule has 92 valence electrons. The Kier molecular flexibility index (Phi) is 4.30. The van der Waals surface area contributed by atoms with Crippen molar-refractivity contribution >= 4 is 37.6 Å². The number of hydrogen-bond acceptors (Lipinski definition) is 2. The van der Waals surface area contributed by atoms with Crippen LogP contribution in [0.4, 0.5) is 0 Å². The maximum Gasteiger partial charge on any atom is 0.175 e. The van der Waals surface area contributed by atoms with Gasteiger partial charge < -0.3 is 0 Å². The van der Waals surface area contributed by atoms with Crippen LogP contribution >= 0.6 is 31.9 Å². The number of nitrogens with zero attached hydrogens (tertiary/aromatic N) is 1. The number of Topliss-reactive ketones (excluding diaryl/α,β-unsaturated/α-hetero) is 1. The zero-order chi connectivity index (χ0) is 13.1. The fourth-order valence-corrected chi connectivity index (χ4v) is 2.28. The summed E-state index contributed by atoms with van der Waals surface area (Å²) < 4.78 is 1.04. The fourth-order valence-electron chi connectivity index (χ4n) is 1.71. The minimum atomic E-state index is 0.0577. The number of benzene rings is 1. The minimum absolute atomic E-state index is 0.0577. The molecule has 0 atom stereocenters. The lowest BCUT2D eigenvalue weighted by Crippen LogP contribution is -2.04. The molecule has 0 radical (unpaired) electrons. The molecule has 18 heavy (non-hydrogen) atoms. The average molecular weight is 369 g/mol. The van der Waals surface area contributed by atoms with Crippen LogP contribution in [0, 0.1) is 6.92 Å². The van der Waals surface area contributed by atoms with Crippen LogP contribution in [-0.2, 0) is 0 Å². The minimum Gasteiger partial charge on any atom is -0.293 e. The van der Waals surface area contributed by atoms with E-state index in [1.54, 1.807) is 0 Å². The lowest BCUT2D eigenvalue weighted by atomic mass is 10.1. The Balaban J connectivity index is 2.40. The van der Waals surface area contributed by atoms with Gasteiger partial charge in [-0.15, -0.1) is 0 Å². The van der Waals surface area contributed by atoms with Crippen molar-refractivity contribution in [3.63, 3.8) is 0 Å². The van der Waals surface area contributed by atoms with E-state index in [1.165, 1.54) is 0 Å². The van der Waals surface area contributed by atoms with E-state index in [0.29, 0.717) is 10.9 Å². The van der Waals surface area contributed by atoms with Crippen LogP contribution in [-0.4, -0.2) is 16.1 Å². The molecule has 1 heterocycles. The molecule has 4 heteroatoms. The van der Waals surface area contributed by atoms with E-state index in [1.807, 2.05) is 43.3 Å². The molecule has 0 aliphatic carbocycles. The largest absolute Gasteiger partial charge is 0.293 e. The topological polar surface area (TPSA) is 30.0 Å². The van der Waals surface area contributed by atoms with Gasteiger partial charge in [-0.05, 0) is 31.2 Å². The molecule has 2 nitrogen and oxygen atoms in total. The number of rotatable bonds is 3. The Hall–Kier alpha value is -1.000. The van der Waals surface area contributed by atoms with Crippen molar-refractivity contribution in [1.82, 2.24) is 4.98 Å². The molecule has 0 unspecified atom stereocenters. The summed E-state index contributed by atoms with van der Waals surface area (Å²) in [5.41, 5.74) is 3.36. The number of halogens is 2. The van der Waals surface area contributed by atoms with Gasteiger partial charge in [0.25, 0.3) is 0 Å². The molecule has 0 N–H and O–H groups in total. The monoisotopic (exact) mass is 367 g/mol. The highest BCUT2D eigenvalue weighted by Gasteiger charge is 2.09. The summed E-state index contributed by atoms with van der Waals surface area (Å²) in [5, 5.41) is 0.327. The molecular formula is C14H11Br2NO. The standard InChI is InChI=1S/C14H11Br2NO/c1-9-12(14(18)8-15)6-7-13(17-9)10-2-4-11(16)5-3-10/h2-7H,8H2,1H3. The quantitative estimate of drug-likeness (QED) is 0.593. The molecule has 0 spiro atoms. The number of hydrogen-bond donors (Lipinski definition) is 0. The Labute approximate surface area is 123 Å². The molecule has 0 saturated carbocycles. The van der Waals surface area contributed by atoms with Gasteiger partial charge in [0.15, 0.2) is 5.78 Å². The van der Waals surface area contributed by atoms with Gasteiger partial charge in [0.2, 0.25) is 0 Å². The van der Waals surface area contributed by atoms with Gasteiger partial charge in [-0.3, -0.25) is 9.78 Å². The van der Waals surface area contributed by atoms with E-state index >= 15 is 0 Å². The van der Waals surface area contributed by atoms with Crippen molar-refractivity contribution < 1.29 is 4.79 Å². The normalized spacial score (nSPS) is 10.4. The highest BCUT2D eigenvalue weighted by molar-refractivity contribution is 9.10. The number of alkyl halides is 1. The zero-order valence-corrected chi connectivity index (χ0v) is 13.0. The number of ketones is 1. The van der Waals surface area contributed by atoms with Crippen molar-refractivity contribution in [3.8, 4) is 11.3 Å². The lowest BCUT2D eigenvalue weighted by Gasteiger charge is -2.06. The summed E-state index contributed by atoms with van der Waals surface area (Å²) in [6.07, 6.45) is 0. The van der Waals surface area contributed by atoms with Crippen molar-refractivity contribution in [2.45, 2.75) is 6.92 Å². The van der Waals surface area contributed by atoms with E-state index < -0.39 is 0 Å². The maximum atomic E-state index is 11.6. The molecule has 0 fully saturated rings. The Bertz CT molecular complexity index is 579. The molecule has 0 amide bonds. The van der Waals surface area contributed by atoms with E-state index in [0.717, 1.165) is 21.4 Å². The first-order valence-electron chi connectivity index (χ1n) is 5.44. The number of aryl methyl sites for hydroxylation is 1. The van der Waals surface area contributed by atoms with Crippen LogP contribution in [0.3, 0.4) is 0 Å². The van der Waals surface area contributed by atoms with Crippen molar-refractivity contribution in [2.75, 3.05) is 5.33 Å². The molecule has 0 bridgehead atoms. The summed E-state index contributed by atoms with van der Waals surface area (Å²) in [4.78, 5) is 16.1. The van der Waals surface area contributed by atoms with E-state index in [-0.39, 0.29) is 5.78 Å². The molecule has 0 aliphatic heterocycles. The smallest absolute Gasteiger partial charge is 0.175 e. The molecule has 2 aromatic rings. The maximum absolute atomic E-state index is 11.6. The highest BCUT2D eigenvalue weighted by Crippen LogP contribution is 2.21. The van der Waals surface area contributed by atoms with Crippen LogP contribution in [0.2, 0.25) is 0 Å². The Morgan fingerprint density at radius 3 is 2.39 bits per heavy atom. The second-order valence-corrected chi connectivity index (χ2v) is 5.37. The summed E-state index contributed by atoms with van der Waals surface area (Å²) in [6, 6.07) is 11.7. The summed E-state index contributed by atoms with van der Waals surface area (Å²) in [5.74, 6) is 0.0577. The summed E-state index contributed by atoms with van der Waals surface area (Å²) in [7, 11) is 0. The van der Waals surface area contributed by atoms with Gasteiger partial charge in [0, 0.05) is 21.3 Å². The van der Waals surface area contributed by atoms with Crippen LogP contribution in [0.1, 0.15) is 16.1 Å². The first-order chi connectivity index (χ1) is 8.61. The second kappa shape index (κ2) is 5.76. The predicted octanol–water partition coefficient (Wildman–Crippen LogP) is 4.40. The van der Waals surface area contributed by atoms with Crippen LogP contribution in [0.5, 0.6) is 0 Å². The number of carbonyl (C=O) groups excluding carboxylic acids is 1. The molecular weight excluding hydrogens is 358 g/mol. The van der Waals surface area contributed by atoms with Crippen LogP contribution in [0.25, 0.3) is 11.3 Å². The van der Waals surface area contributed by atoms with Gasteiger partial charge in [0.1, 0.15) is 0 Å². The number of pyridine rings is 1. The van der Waals surface area contributed by atoms with Crippen LogP contribution < -0.4 is 0 Å². The van der Waals surface area contributed by atoms with Gasteiger partial charge in [-0.1, -0.05) is 44.0 Å². The number of carbonyl (C=O) groups is 1. The van der Waals surface area contributed by atoms with E-state index in [2.05, 4.69) is 36.8 Å². The highest BCUT2D eigenvalue weighted by atomic mass is 79.9. The molecule has 0 aliphatic rings. The average Bonchev–Trinajstić information content (AvgIpc) is 2.38. The Morgan fingerprint density at radius 2 is 1.83 bits per heavy atom. The molecule has 2 rings (SSSR count). The molecule has 1 aromatic carbocycles. The SMILES string of the molecule is Cc1nc(-c2ccc(Br)cc2)ccc1C(=O)CBr. The zero-order valence-electron chi connectivity index (χ0n) is 9.78. The fraction of sp³-hybridized carbons (Fsp3) is 0.143. The number of aromatic nitrogens is 1. The van der Waals surface area contributed by atoms with Crippen molar-refractivity contribution in [2.24, 2.45) is 0 Å². The van der Waals surface area contributed by atoms with Crippen LogP contribution in [0.15, 0.2) is 40.9 Å². The predicted molar refractivity (Wildman–Crippen MR) is 80.2 cm³/mol. The summed E-state index contributed by atoms with van der Waals surface area (Å²) >= 11 is 6.58. The van der Waals surface area contributed by atoms with Gasteiger partial charge in [-0.25, -0.2) is 0 Å². The van der Waals surface area contributed by atoms with E-state index in [9.17, 15) is 4.79 Å². The first kappa shape index (κ1) is 13.4. The van der Waals surface area contributed by atoms with Crippen molar-refractivity contribution in [3.05, 3.63) is 52.1 Å². The van der Waals surface area contributed by atoms with Gasteiger partial charge in [0.05, 0.1) is 11.0 Å². The first-order valence-corrected chi connectivity index (χ1v) is 7.36. The molecule has 1 aromatic heterocycles. The third-order valence-electron chi connectivity index (χ3n) is 2.65. The Morgan fingerprint density at radius 1 is 1.17 bits per heavy atom. The molecule has 0 saturated heterocycles. The van der Waals surface area contributed by atoms with Gasteiger partial charge in [-0.2, -0.15) is 0 Å². The summed E-state index contributed by atoms with van der Waals surface area (Å²) in [6.45, 7) is 1.86. The van der Waals surface area contributed by atoms with Crippen molar-refractivity contribution in [1.29, 1.82) is 0 Å². The third kappa shape index (κ3) is 2.87.